The maximum atomic E-state index is 11.8. The standard InChI is InChI=1S/C15H13BrN2O3/c1-21-13-7-3-6-12(9-13)18-15(20)14(19)17-11-5-2-4-10(16)8-11/h2-9H,1H3,(H,17,19)(H,18,20). The van der Waals surface area contributed by atoms with E-state index in [0.717, 1.165) is 4.47 Å². The average molecular weight is 349 g/mol. The number of benzene rings is 2. The third kappa shape index (κ3) is 4.32. The number of hydrogen-bond donors (Lipinski definition) is 2. The Morgan fingerprint density at radius 1 is 0.952 bits per heavy atom. The van der Waals surface area contributed by atoms with Gasteiger partial charge in [0, 0.05) is 21.9 Å². The Labute approximate surface area is 130 Å². The molecule has 0 saturated carbocycles. The van der Waals surface area contributed by atoms with Gasteiger partial charge in [-0.05, 0) is 30.3 Å². The van der Waals surface area contributed by atoms with Gasteiger partial charge >= 0.3 is 11.8 Å². The summed E-state index contributed by atoms with van der Waals surface area (Å²) in [7, 11) is 1.53. The van der Waals surface area contributed by atoms with Crippen molar-refractivity contribution in [2.45, 2.75) is 0 Å². The van der Waals surface area contributed by atoms with Crippen LogP contribution in [0.25, 0.3) is 0 Å². The van der Waals surface area contributed by atoms with Gasteiger partial charge < -0.3 is 15.4 Å². The maximum absolute atomic E-state index is 11.8. The van der Waals surface area contributed by atoms with Crippen LogP contribution in [-0.2, 0) is 9.59 Å². The lowest BCUT2D eigenvalue weighted by Crippen LogP contribution is -2.29. The number of amides is 2. The number of carbonyl (C=O) groups excluding carboxylic acids is 2. The van der Waals surface area contributed by atoms with Crippen molar-refractivity contribution >= 4 is 39.1 Å². The summed E-state index contributed by atoms with van der Waals surface area (Å²) in [6, 6.07) is 13.8. The van der Waals surface area contributed by atoms with E-state index in [-0.39, 0.29) is 0 Å². The first kappa shape index (κ1) is 15.1. The van der Waals surface area contributed by atoms with E-state index in [4.69, 9.17) is 4.74 Å². The highest BCUT2D eigenvalue weighted by Crippen LogP contribution is 2.17. The van der Waals surface area contributed by atoms with Gasteiger partial charge in [-0.2, -0.15) is 0 Å². The zero-order valence-corrected chi connectivity index (χ0v) is 12.8. The molecule has 2 N–H and O–H groups in total. The van der Waals surface area contributed by atoms with Crippen LogP contribution in [0.1, 0.15) is 0 Å². The van der Waals surface area contributed by atoms with Crippen LogP contribution in [0.4, 0.5) is 11.4 Å². The van der Waals surface area contributed by atoms with Crippen LogP contribution in [0, 0.1) is 0 Å². The van der Waals surface area contributed by atoms with E-state index in [1.807, 2.05) is 6.07 Å². The van der Waals surface area contributed by atoms with Crippen LogP contribution < -0.4 is 15.4 Å². The second-order valence-corrected chi connectivity index (χ2v) is 5.07. The molecule has 0 radical (unpaired) electrons. The molecular weight excluding hydrogens is 336 g/mol. The molecule has 2 rings (SSSR count). The lowest BCUT2D eigenvalue weighted by Gasteiger charge is -2.08. The molecule has 0 aromatic heterocycles. The van der Waals surface area contributed by atoms with Crippen molar-refractivity contribution < 1.29 is 14.3 Å². The molecule has 0 aliphatic carbocycles. The van der Waals surface area contributed by atoms with Crippen LogP contribution in [0.3, 0.4) is 0 Å². The second-order valence-electron chi connectivity index (χ2n) is 4.15. The maximum Gasteiger partial charge on any atom is 0.314 e. The van der Waals surface area contributed by atoms with E-state index < -0.39 is 11.8 Å². The molecule has 2 amide bonds. The number of carbonyl (C=O) groups is 2. The van der Waals surface area contributed by atoms with E-state index in [2.05, 4.69) is 26.6 Å². The van der Waals surface area contributed by atoms with Crippen LogP contribution in [0.15, 0.2) is 53.0 Å². The number of methoxy groups -OCH3 is 1. The van der Waals surface area contributed by atoms with Crippen molar-refractivity contribution in [3.8, 4) is 5.75 Å². The lowest BCUT2D eigenvalue weighted by atomic mass is 10.3. The molecular formula is C15H13BrN2O3. The third-order valence-corrected chi connectivity index (χ3v) is 3.11. The molecule has 0 spiro atoms. The Hall–Kier alpha value is -2.34. The van der Waals surface area contributed by atoms with Crippen LogP contribution in [0.2, 0.25) is 0 Å². The fourth-order valence-electron chi connectivity index (χ4n) is 1.64. The monoisotopic (exact) mass is 348 g/mol. The molecule has 2 aromatic carbocycles. The largest absolute Gasteiger partial charge is 0.497 e. The minimum Gasteiger partial charge on any atom is -0.497 e. The fraction of sp³-hybridized carbons (Fsp3) is 0.0667. The number of ether oxygens (including phenoxy) is 1. The number of halogens is 1. The quantitative estimate of drug-likeness (QED) is 0.837. The van der Waals surface area contributed by atoms with Gasteiger partial charge in [0.05, 0.1) is 7.11 Å². The lowest BCUT2D eigenvalue weighted by molar-refractivity contribution is -0.132. The topological polar surface area (TPSA) is 67.4 Å². The fourth-order valence-corrected chi connectivity index (χ4v) is 2.04. The van der Waals surface area contributed by atoms with E-state index in [1.165, 1.54) is 7.11 Å². The zero-order chi connectivity index (χ0) is 15.2. The summed E-state index contributed by atoms with van der Waals surface area (Å²) >= 11 is 3.29. The highest BCUT2D eigenvalue weighted by Gasteiger charge is 2.14. The molecule has 108 valence electrons. The Morgan fingerprint density at radius 2 is 1.52 bits per heavy atom. The number of anilines is 2. The number of rotatable bonds is 3. The van der Waals surface area contributed by atoms with Crippen molar-refractivity contribution in [3.05, 3.63) is 53.0 Å². The number of hydrogen-bond acceptors (Lipinski definition) is 3. The first-order chi connectivity index (χ1) is 10.1. The predicted octanol–water partition coefficient (Wildman–Crippen LogP) is 3.03. The van der Waals surface area contributed by atoms with E-state index >= 15 is 0 Å². The Balaban J connectivity index is 2.01. The van der Waals surface area contributed by atoms with Gasteiger partial charge in [-0.3, -0.25) is 9.59 Å². The summed E-state index contributed by atoms with van der Waals surface area (Å²) < 4.78 is 5.86. The molecule has 0 bridgehead atoms. The van der Waals surface area contributed by atoms with Gasteiger partial charge in [0.2, 0.25) is 0 Å². The molecule has 0 heterocycles. The molecule has 5 nitrogen and oxygen atoms in total. The van der Waals surface area contributed by atoms with Gasteiger partial charge in [-0.15, -0.1) is 0 Å². The van der Waals surface area contributed by atoms with Crippen molar-refractivity contribution in [2.24, 2.45) is 0 Å². The molecule has 0 unspecified atom stereocenters. The van der Waals surface area contributed by atoms with Crippen LogP contribution in [0.5, 0.6) is 5.75 Å². The second kappa shape index (κ2) is 6.90. The summed E-state index contributed by atoms with van der Waals surface area (Å²) in [4.78, 5) is 23.6. The highest BCUT2D eigenvalue weighted by molar-refractivity contribution is 9.10. The molecule has 0 aliphatic rings. The van der Waals surface area contributed by atoms with E-state index in [1.54, 1.807) is 42.5 Å². The summed E-state index contributed by atoms with van der Waals surface area (Å²) in [5.74, 6) is -0.889. The summed E-state index contributed by atoms with van der Waals surface area (Å²) in [5, 5.41) is 5.03. The van der Waals surface area contributed by atoms with Gasteiger partial charge in [0.1, 0.15) is 5.75 Å². The Kier molecular flexibility index (Phi) is 4.94. The SMILES string of the molecule is COc1cccc(NC(=O)C(=O)Nc2cccc(Br)c2)c1. The highest BCUT2D eigenvalue weighted by atomic mass is 79.9. The van der Waals surface area contributed by atoms with Gasteiger partial charge in [-0.1, -0.05) is 28.1 Å². The number of nitrogens with one attached hydrogen (secondary N) is 2. The molecule has 0 fully saturated rings. The van der Waals surface area contributed by atoms with Crippen LogP contribution >= 0.6 is 15.9 Å². The molecule has 0 atom stereocenters. The van der Waals surface area contributed by atoms with Crippen molar-refractivity contribution in [1.29, 1.82) is 0 Å². The predicted molar refractivity (Wildman–Crippen MR) is 84.4 cm³/mol. The summed E-state index contributed by atoms with van der Waals surface area (Å²) in [6.07, 6.45) is 0. The van der Waals surface area contributed by atoms with Gasteiger partial charge in [0.25, 0.3) is 0 Å². The van der Waals surface area contributed by atoms with Gasteiger partial charge in [0.15, 0.2) is 0 Å². The average Bonchev–Trinajstić information content (AvgIpc) is 2.47. The first-order valence-electron chi connectivity index (χ1n) is 6.10. The van der Waals surface area contributed by atoms with Crippen LogP contribution in [-0.4, -0.2) is 18.9 Å². The molecule has 21 heavy (non-hydrogen) atoms. The molecule has 6 heteroatoms. The van der Waals surface area contributed by atoms with Crippen molar-refractivity contribution in [1.82, 2.24) is 0 Å². The zero-order valence-electron chi connectivity index (χ0n) is 11.2. The Bertz CT molecular complexity index is 673. The van der Waals surface area contributed by atoms with E-state index in [0.29, 0.717) is 17.1 Å². The molecule has 2 aromatic rings. The molecule has 0 saturated heterocycles. The van der Waals surface area contributed by atoms with E-state index in [9.17, 15) is 9.59 Å². The minimum absolute atomic E-state index is 0.490. The van der Waals surface area contributed by atoms with Crippen molar-refractivity contribution in [3.63, 3.8) is 0 Å². The smallest absolute Gasteiger partial charge is 0.314 e. The summed E-state index contributed by atoms with van der Waals surface area (Å²) in [5.41, 5.74) is 1.03. The van der Waals surface area contributed by atoms with Crippen molar-refractivity contribution in [2.75, 3.05) is 17.7 Å². The minimum atomic E-state index is -0.747. The first-order valence-corrected chi connectivity index (χ1v) is 6.90. The molecule has 0 aliphatic heterocycles. The normalized spacial score (nSPS) is 9.81. The summed E-state index contributed by atoms with van der Waals surface area (Å²) in [6.45, 7) is 0. The van der Waals surface area contributed by atoms with Gasteiger partial charge in [-0.25, -0.2) is 0 Å². The third-order valence-electron chi connectivity index (χ3n) is 2.62. The Morgan fingerprint density at radius 3 is 2.10 bits per heavy atom.